The molecule has 2 atom stereocenters. The van der Waals surface area contributed by atoms with E-state index in [9.17, 15) is 9.59 Å². The first-order valence-corrected chi connectivity index (χ1v) is 12.2. The van der Waals surface area contributed by atoms with Gasteiger partial charge in [0.1, 0.15) is 11.5 Å². The van der Waals surface area contributed by atoms with Crippen molar-refractivity contribution in [3.63, 3.8) is 0 Å². The van der Waals surface area contributed by atoms with E-state index in [4.69, 9.17) is 25.8 Å². The van der Waals surface area contributed by atoms with Crippen molar-refractivity contribution in [2.24, 2.45) is 17.3 Å². The molecule has 1 aromatic heterocycles. The molecule has 2 amide bonds. The molecule has 0 aliphatic heterocycles. The van der Waals surface area contributed by atoms with Crippen LogP contribution < -0.4 is 24.8 Å². The van der Waals surface area contributed by atoms with Gasteiger partial charge in [0.15, 0.2) is 11.5 Å². The van der Waals surface area contributed by atoms with Crippen LogP contribution in [0.25, 0.3) is 10.9 Å². The predicted molar refractivity (Wildman–Crippen MR) is 137 cm³/mol. The summed E-state index contributed by atoms with van der Waals surface area (Å²) in [6.07, 6.45) is 3.67. The molecule has 3 aromatic rings. The van der Waals surface area contributed by atoms with E-state index in [0.29, 0.717) is 39.2 Å². The molecule has 1 heterocycles. The number of ether oxygens (including phenoxy) is 3. The normalized spacial score (nSPS) is 19.9. The molecule has 36 heavy (non-hydrogen) atoms. The fourth-order valence-corrected chi connectivity index (χ4v) is 4.89. The highest BCUT2D eigenvalue weighted by Crippen LogP contribution is 2.59. The van der Waals surface area contributed by atoms with Crippen LogP contribution in [0.3, 0.4) is 0 Å². The molecule has 0 spiro atoms. The summed E-state index contributed by atoms with van der Waals surface area (Å²) in [5.41, 5.74) is 0.826. The van der Waals surface area contributed by atoms with Gasteiger partial charge in [-0.1, -0.05) is 25.4 Å². The number of halogens is 1. The van der Waals surface area contributed by atoms with Crippen LogP contribution in [0.1, 0.15) is 26.7 Å². The Bertz CT molecular complexity index is 1350. The summed E-state index contributed by atoms with van der Waals surface area (Å²) in [5.74, 6) is 1.14. The number of amides is 2. The predicted octanol–water partition coefficient (Wildman–Crippen LogP) is 5.19. The molecule has 2 N–H and O–H groups in total. The summed E-state index contributed by atoms with van der Waals surface area (Å²) >= 11 is 6.51. The topological polar surface area (TPSA) is 98.8 Å². The number of pyridine rings is 1. The summed E-state index contributed by atoms with van der Waals surface area (Å²) < 4.78 is 16.9. The first-order valence-electron chi connectivity index (χ1n) is 11.8. The van der Waals surface area contributed by atoms with Gasteiger partial charge in [-0.2, -0.15) is 0 Å². The van der Waals surface area contributed by atoms with Gasteiger partial charge in [-0.05, 0) is 48.6 Å². The van der Waals surface area contributed by atoms with Crippen molar-refractivity contribution >= 4 is 40.0 Å². The van der Waals surface area contributed by atoms with Crippen molar-refractivity contribution < 1.29 is 23.8 Å². The summed E-state index contributed by atoms with van der Waals surface area (Å²) in [4.78, 5) is 29.9. The first-order chi connectivity index (χ1) is 17.2. The average Bonchev–Trinajstić information content (AvgIpc) is 3.76. The van der Waals surface area contributed by atoms with Gasteiger partial charge in [0.05, 0.1) is 36.6 Å². The van der Waals surface area contributed by atoms with Gasteiger partial charge in [-0.3, -0.25) is 14.6 Å². The quantitative estimate of drug-likeness (QED) is 0.433. The largest absolute Gasteiger partial charge is 0.493 e. The Hall–Kier alpha value is -3.52. The molecule has 5 rings (SSSR count). The third kappa shape index (κ3) is 4.53. The van der Waals surface area contributed by atoms with Gasteiger partial charge in [0, 0.05) is 29.4 Å². The van der Waals surface area contributed by atoms with Crippen LogP contribution in [0, 0.1) is 17.3 Å². The summed E-state index contributed by atoms with van der Waals surface area (Å²) in [6.45, 7) is 3.89. The van der Waals surface area contributed by atoms with Crippen molar-refractivity contribution in [1.29, 1.82) is 0 Å². The molecular formula is C27H28ClN3O5. The molecule has 2 saturated carbocycles. The summed E-state index contributed by atoms with van der Waals surface area (Å²) in [5, 5.41) is 6.97. The molecule has 8 nitrogen and oxygen atoms in total. The standard InChI is InChI=1S/C27H28ClN3O5/c1-27(2)23(25(32)30-14-5-6-14)24(27)26(33)31-15-7-8-20(17(28)11-15)36-19-9-10-29-18-13-22(35-4)21(34-3)12-16(18)19/h7-14,23-24H,5-6H2,1-4H3,(H,30,32)(H,31,33)/t23-,24+/m0/s1. The third-order valence-corrected chi connectivity index (χ3v) is 7.24. The Balaban J connectivity index is 1.31. The molecule has 0 bridgehead atoms. The highest BCUT2D eigenvalue weighted by molar-refractivity contribution is 6.32. The second kappa shape index (κ2) is 9.17. The minimum atomic E-state index is -0.388. The molecule has 188 valence electrons. The highest BCUT2D eigenvalue weighted by Gasteiger charge is 2.65. The van der Waals surface area contributed by atoms with E-state index in [1.165, 1.54) is 0 Å². The van der Waals surface area contributed by atoms with Gasteiger partial charge >= 0.3 is 0 Å². The van der Waals surface area contributed by atoms with Crippen LogP contribution in [-0.4, -0.2) is 37.1 Å². The fraction of sp³-hybridized carbons (Fsp3) is 0.370. The lowest BCUT2D eigenvalue weighted by atomic mass is 10.1. The van der Waals surface area contributed by atoms with Gasteiger partial charge in [-0.15, -0.1) is 0 Å². The van der Waals surface area contributed by atoms with Gasteiger partial charge in [0.2, 0.25) is 11.8 Å². The Kier molecular flexibility index (Phi) is 6.16. The number of hydrogen-bond acceptors (Lipinski definition) is 6. The molecule has 0 unspecified atom stereocenters. The molecule has 2 aliphatic rings. The number of nitrogens with zero attached hydrogens (tertiary/aromatic N) is 1. The zero-order valence-electron chi connectivity index (χ0n) is 20.6. The number of carbonyl (C=O) groups is 2. The van der Waals surface area contributed by atoms with E-state index < -0.39 is 0 Å². The number of anilines is 1. The maximum Gasteiger partial charge on any atom is 0.228 e. The van der Waals surface area contributed by atoms with Crippen LogP contribution in [0.15, 0.2) is 42.6 Å². The SMILES string of the molecule is COc1cc2nccc(Oc3ccc(NC(=O)[C@H]4[C@@H](C(=O)NC5CC5)C4(C)C)cc3Cl)c2cc1OC. The average molecular weight is 510 g/mol. The lowest BCUT2D eigenvalue weighted by molar-refractivity contribution is -0.125. The molecule has 0 radical (unpaired) electrons. The molecule has 2 aliphatic carbocycles. The molecule has 2 aromatic carbocycles. The Morgan fingerprint density at radius 3 is 2.31 bits per heavy atom. The van der Waals surface area contributed by atoms with Crippen molar-refractivity contribution in [3.05, 3.63) is 47.6 Å². The Morgan fingerprint density at radius 2 is 1.64 bits per heavy atom. The number of fused-ring (bicyclic) bond motifs is 1. The van der Waals surface area contributed by atoms with E-state index in [2.05, 4.69) is 15.6 Å². The summed E-state index contributed by atoms with van der Waals surface area (Å²) in [6, 6.07) is 10.6. The monoisotopic (exact) mass is 509 g/mol. The molecular weight excluding hydrogens is 482 g/mol. The van der Waals surface area contributed by atoms with E-state index >= 15 is 0 Å². The van der Waals surface area contributed by atoms with Gasteiger partial charge in [0.25, 0.3) is 0 Å². The molecule has 9 heteroatoms. The number of carbonyl (C=O) groups excluding carboxylic acids is 2. The zero-order chi connectivity index (χ0) is 25.6. The van der Waals surface area contributed by atoms with Crippen LogP contribution in [0.5, 0.6) is 23.0 Å². The smallest absolute Gasteiger partial charge is 0.228 e. The van der Waals surface area contributed by atoms with Crippen molar-refractivity contribution in [3.8, 4) is 23.0 Å². The Morgan fingerprint density at radius 1 is 0.944 bits per heavy atom. The zero-order valence-corrected chi connectivity index (χ0v) is 21.3. The number of benzene rings is 2. The molecule has 2 fully saturated rings. The minimum Gasteiger partial charge on any atom is -0.493 e. The highest BCUT2D eigenvalue weighted by atomic mass is 35.5. The van der Waals surface area contributed by atoms with Crippen LogP contribution in [-0.2, 0) is 9.59 Å². The number of nitrogens with one attached hydrogen (secondary N) is 2. The third-order valence-electron chi connectivity index (χ3n) is 6.94. The van der Waals surface area contributed by atoms with Crippen molar-refractivity contribution in [2.75, 3.05) is 19.5 Å². The Labute approximate surface area is 214 Å². The van der Waals surface area contributed by atoms with Gasteiger partial charge < -0.3 is 24.8 Å². The lowest BCUT2D eigenvalue weighted by Gasteiger charge is -2.14. The maximum atomic E-state index is 13.0. The van der Waals surface area contributed by atoms with E-state index in [1.54, 1.807) is 56.8 Å². The lowest BCUT2D eigenvalue weighted by Crippen LogP contribution is -2.29. The van der Waals surface area contributed by atoms with E-state index in [-0.39, 0.29) is 35.1 Å². The van der Waals surface area contributed by atoms with Crippen LogP contribution >= 0.6 is 11.6 Å². The van der Waals surface area contributed by atoms with Crippen molar-refractivity contribution in [2.45, 2.75) is 32.7 Å². The first kappa shape index (κ1) is 24.2. The summed E-state index contributed by atoms with van der Waals surface area (Å²) in [7, 11) is 3.13. The second-order valence-corrected chi connectivity index (χ2v) is 10.2. The number of hydrogen-bond donors (Lipinski definition) is 2. The fourth-order valence-electron chi connectivity index (χ4n) is 4.67. The number of aromatic nitrogens is 1. The van der Waals surface area contributed by atoms with Crippen LogP contribution in [0.2, 0.25) is 5.02 Å². The number of methoxy groups -OCH3 is 2. The van der Waals surface area contributed by atoms with Gasteiger partial charge in [-0.25, -0.2) is 0 Å². The minimum absolute atomic E-state index is 0.0386. The number of rotatable bonds is 8. The van der Waals surface area contributed by atoms with Crippen molar-refractivity contribution in [1.82, 2.24) is 10.3 Å². The van der Waals surface area contributed by atoms with Crippen LogP contribution in [0.4, 0.5) is 5.69 Å². The van der Waals surface area contributed by atoms with E-state index in [1.807, 2.05) is 13.8 Å². The maximum absolute atomic E-state index is 13.0. The second-order valence-electron chi connectivity index (χ2n) is 9.83. The molecule has 0 saturated heterocycles. The van der Waals surface area contributed by atoms with E-state index in [0.717, 1.165) is 18.2 Å².